The van der Waals surface area contributed by atoms with Crippen molar-refractivity contribution in [3.05, 3.63) is 35.9 Å². The Morgan fingerprint density at radius 3 is 3.00 bits per heavy atom. The van der Waals surface area contributed by atoms with E-state index in [0.29, 0.717) is 6.42 Å². The molecule has 0 saturated carbocycles. The summed E-state index contributed by atoms with van der Waals surface area (Å²) in [6.45, 7) is -0.336. The summed E-state index contributed by atoms with van der Waals surface area (Å²) in [6, 6.07) is 7.77. The van der Waals surface area contributed by atoms with Gasteiger partial charge in [0.25, 0.3) is 0 Å². The Morgan fingerprint density at radius 1 is 1.31 bits per heavy atom. The first kappa shape index (κ1) is 8.30. The minimum absolute atomic E-state index is 0.0973. The third-order valence-electron chi connectivity index (χ3n) is 2.08. The van der Waals surface area contributed by atoms with Crippen molar-refractivity contribution < 1.29 is 9.13 Å². The molecule has 1 heterocycles. The molecule has 2 rings (SSSR count). The van der Waals surface area contributed by atoms with E-state index in [-0.39, 0.29) is 12.8 Å². The third-order valence-corrected chi connectivity index (χ3v) is 2.08. The molecule has 1 nitrogen and oxygen atoms in total. The van der Waals surface area contributed by atoms with Crippen molar-refractivity contribution in [2.24, 2.45) is 0 Å². The molecule has 2 heteroatoms. The van der Waals surface area contributed by atoms with Crippen LogP contribution in [0.4, 0.5) is 4.39 Å². The summed E-state index contributed by atoms with van der Waals surface area (Å²) in [4.78, 5) is 0. The highest BCUT2D eigenvalue weighted by Crippen LogP contribution is 2.26. The van der Waals surface area contributed by atoms with Crippen LogP contribution < -0.4 is 4.74 Å². The van der Waals surface area contributed by atoms with Crippen LogP contribution in [-0.4, -0.2) is 12.8 Å². The van der Waals surface area contributed by atoms with Crippen molar-refractivity contribution in [3.8, 4) is 5.75 Å². The lowest BCUT2D eigenvalue weighted by Gasteiger charge is -2.20. The van der Waals surface area contributed by atoms with Gasteiger partial charge < -0.3 is 4.74 Å². The summed E-state index contributed by atoms with van der Waals surface area (Å²) in [5, 5.41) is 0. The van der Waals surface area contributed by atoms with E-state index >= 15 is 0 Å². The van der Waals surface area contributed by atoms with Gasteiger partial charge in [-0.1, -0.05) is 24.3 Å². The van der Waals surface area contributed by atoms with E-state index < -0.39 is 0 Å². The zero-order valence-corrected chi connectivity index (χ0v) is 7.24. The van der Waals surface area contributed by atoms with Gasteiger partial charge in [0.2, 0.25) is 0 Å². The smallest absolute Gasteiger partial charge is 0.127 e. The number of fused-ring (bicyclic) bond motifs is 1. The monoisotopic (exact) mass is 178 g/mol. The van der Waals surface area contributed by atoms with Crippen molar-refractivity contribution in [2.75, 3.05) is 6.67 Å². The molecule has 0 saturated heterocycles. The van der Waals surface area contributed by atoms with Gasteiger partial charge in [0, 0.05) is 12.0 Å². The number of ether oxygens (including phenoxy) is 1. The zero-order valence-electron chi connectivity index (χ0n) is 7.24. The van der Waals surface area contributed by atoms with Crippen LogP contribution in [0, 0.1) is 0 Å². The lowest BCUT2D eigenvalue weighted by molar-refractivity contribution is 0.220. The van der Waals surface area contributed by atoms with Crippen LogP contribution in [0.25, 0.3) is 6.08 Å². The van der Waals surface area contributed by atoms with Crippen LogP contribution >= 0.6 is 0 Å². The quantitative estimate of drug-likeness (QED) is 0.676. The van der Waals surface area contributed by atoms with Gasteiger partial charge >= 0.3 is 0 Å². The minimum atomic E-state index is -0.336. The summed E-state index contributed by atoms with van der Waals surface area (Å²) >= 11 is 0. The second-order valence-electron chi connectivity index (χ2n) is 3.03. The van der Waals surface area contributed by atoms with E-state index in [2.05, 4.69) is 0 Å². The highest BCUT2D eigenvalue weighted by molar-refractivity contribution is 5.59. The first-order valence-corrected chi connectivity index (χ1v) is 4.40. The number of alkyl halides is 1. The van der Waals surface area contributed by atoms with Crippen LogP contribution in [-0.2, 0) is 0 Å². The van der Waals surface area contributed by atoms with Crippen LogP contribution in [0.1, 0.15) is 12.0 Å². The van der Waals surface area contributed by atoms with E-state index in [1.807, 2.05) is 36.4 Å². The Bertz CT molecular complexity index is 320. The molecule has 0 spiro atoms. The van der Waals surface area contributed by atoms with Gasteiger partial charge in [0.15, 0.2) is 0 Å². The molecule has 1 aliphatic heterocycles. The summed E-state index contributed by atoms with van der Waals surface area (Å²) in [7, 11) is 0. The van der Waals surface area contributed by atoms with Gasteiger partial charge in [-0.15, -0.1) is 0 Å². The fourth-order valence-corrected chi connectivity index (χ4v) is 1.40. The molecule has 0 fully saturated rings. The van der Waals surface area contributed by atoms with Gasteiger partial charge in [0.1, 0.15) is 11.9 Å². The number of benzene rings is 1. The molecular formula is C11H11FO. The summed E-state index contributed by atoms with van der Waals surface area (Å²) < 4.78 is 17.6. The average molecular weight is 178 g/mol. The number of hydrogen-bond donors (Lipinski definition) is 0. The molecule has 1 aliphatic rings. The highest BCUT2D eigenvalue weighted by Gasteiger charge is 2.12. The molecule has 0 radical (unpaired) electrons. The molecular weight excluding hydrogens is 167 g/mol. The number of hydrogen-bond acceptors (Lipinski definition) is 1. The lowest BCUT2D eigenvalue weighted by atomic mass is 10.1. The minimum Gasteiger partial charge on any atom is -0.486 e. The molecule has 0 N–H and O–H groups in total. The second-order valence-corrected chi connectivity index (χ2v) is 3.03. The maximum absolute atomic E-state index is 12.0. The fraction of sp³-hybridized carbons (Fsp3) is 0.273. The first-order valence-electron chi connectivity index (χ1n) is 4.40. The van der Waals surface area contributed by atoms with Gasteiger partial charge in [0.05, 0.1) is 6.67 Å². The van der Waals surface area contributed by atoms with Gasteiger partial charge in [-0.2, -0.15) is 0 Å². The molecule has 0 amide bonds. The molecule has 1 aromatic rings. The molecule has 0 aliphatic carbocycles. The number of halogens is 1. The molecule has 1 unspecified atom stereocenters. The number of para-hydroxylation sites is 1. The Kier molecular flexibility index (Phi) is 2.30. The van der Waals surface area contributed by atoms with Crippen LogP contribution in [0.3, 0.4) is 0 Å². The van der Waals surface area contributed by atoms with Crippen molar-refractivity contribution in [1.82, 2.24) is 0 Å². The maximum Gasteiger partial charge on any atom is 0.127 e. The average Bonchev–Trinajstić information content (AvgIpc) is 2.18. The molecule has 68 valence electrons. The highest BCUT2D eigenvalue weighted by atomic mass is 19.1. The normalized spacial score (nSPS) is 19.3. The van der Waals surface area contributed by atoms with Gasteiger partial charge in [-0.25, -0.2) is 0 Å². The molecule has 1 atom stereocenters. The van der Waals surface area contributed by atoms with E-state index in [4.69, 9.17) is 4.74 Å². The van der Waals surface area contributed by atoms with E-state index in [1.54, 1.807) is 0 Å². The SMILES string of the molecule is FCCC1C=Cc2ccccc2O1. The predicted molar refractivity (Wildman–Crippen MR) is 50.5 cm³/mol. The first-order chi connectivity index (χ1) is 6.40. The second kappa shape index (κ2) is 3.60. The molecule has 1 aromatic carbocycles. The van der Waals surface area contributed by atoms with E-state index in [9.17, 15) is 4.39 Å². The molecule has 13 heavy (non-hydrogen) atoms. The Balaban J connectivity index is 2.19. The zero-order chi connectivity index (χ0) is 9.10. The van der Waals surface area contributed by atoms with Crippen molar-refractivity contribution in [3.63, 3.8) is 0 Å². The Labute approximate surface area is 76.8 Å². The predicted octanol–water partition coefficient (Wildman–Crippen LogP) is 2.82. The van der Waals surface area contributed by atoms with Gasteiger partial charge in [-0.3, -0.25) is 4.39 Å². The van der Waals surface area contributed by atoms with Crippen LogP contribution in [0.15, 0.2) is 30.3 Å². The standard InChI is InChI=1S/C11H11FO/c12-8-7-10-6-5-9-3-1-2-4-11(9)13-10/h1-6,10H,7-8H2. The van der Waals surface area contributed by atoms with Crippen LogP contribution in [0.2, 0.25) is 0 Å². The topological polar surface area (TPSA) is 9.23 Å². The largest absolute Gasteiger partial charge is 0.486 e. The van der Waals surface area contributed by atoms with Crippen molar-refractivity contribution in [1.29, 1.82) is 0 Å². The molecule has 0 aromatic heterocycles. The van der Waals surface area contributed by atoms with Crippen LogP contribution in [0.5, 0.6) is 5.75 Å². The van der Waals surface area contributed by atoms with E-state index in [0.717, 1.165) is 11.3 Å². The van der Waals surface area contributed by atoms with Crippen molar-refractivity contribution >= 4 is 6.08 Å². The fourth-order valence-electron chi connectivity index (χ4n) is 1.40. The van der Waals surface area contributed by atoms with E-state index in [1.165, 1.54) is 0 Å². The summed E-state index contributed by atoms with van der Waals surface area (Å²) in [5.41, 5.74) is 1.07. The van der Waals surface area contributed by atoms with Crippen molar-refractivity contribution in [2.45, 2.75) is 12.5 Å². The molecule has 0 bridgehead atoms. The van der Waals surface area contributed by atoms with Gasteiger partial charge in [-0.05, 0) is 12.1 Å². The summed E-state index contributed by atoms with van der Waals surface area (Å²) in [5.74, 6) is 0.850. The number of rotatable bonds is 2. The Hall–Kier alpha value is -1.31. The summed E-state index contributed by atoms with van der Waals surface area (Å²) in [6.07, 6.45) is 4.23. The Morgan fingerprint density at radius 2 is 2.15 bits per heavy atom. The lowest BCUT2D eigenvalue weighted by Crippen LogP contribution is -2.17. The maximum atomic E-state index is 12.0. The third kappa shape index (κ3) is 1.72.